The topological polar surface area (TPSA) is 85.4 Å². The number of rotatable bonds is 5. The molecule has 1 atom stereocenters. The third-order valence-electron chi connectivity index (χ3n) is 4.56. The van der Waals surface area contributed by atoms with Crippen LogP contribution in [-0.2, 0) is 16.3 Å². The second kappa shape index (κ2) is 7.07. The predicted molar refractivity (Wildman–Crippen MR) is 99.2 cm³/mol. The molecule has 1 unspecified atom stereocenters. The number of benzene rings is 1. The van der Waals surface area contributed by atoms with E-state index >= 15 is 0 Å². The van der Waals surface area contributed by atoms with E-state index in [1.165, 1.54) is 6.20 Å². The van der Waals surface area contributed by atoms with Crippen LogP contribution in [0.1, 0.15) is 34.8 Å². The summed E-state index contributed by atoms with van der Waals surface area (Å²) in [6.07, 6.45) is 4.22. The quantitative estimate of drug-likeness (QED) is 0.865. The van der Waals surface area contributed by atoms with Gasteiger partial charge in [-0.05, 0) is 36.6 Å². The average molecular weight is 374 g/mol. The molecular formula is C19H22N2O4S. The van der Waals surface area contributed by atoms with Gasteiger partial charge in [0.05, 0.1) is 29.7 Å². The monoisotopic (exact) mass is 374 g/mol. The zero-order valence-electron chi connectivity index (χ0n) is 14.9. The van der Waals surface area contributed by atoms with Crippen molar-refractivity contribution in [2.75, 3.05) is 18.6 Å². The van der Waals surface area contributed by atoms with Crippen molar-refractivity contribution >= 4 is 15.7 Å². The molecule has 1 N–H and O–H groups in total. The number of nitrogens with one attached hydrogen (secondary N) is 1. The molecule has 1 amide bonds. The van der Waals surface area contributed by atoms with Gasteiger partial charge in [-0.25, -0.2) is 8.42 Å². The minimum atomic E-state index is -3.08. The van der Waals surface area contributed by atoms with Gasteiger partial charge in [-0.15, -0.1) is 0 Å². The summed E-state index contributed by atoms with van der Waals surface area (Å²) in [5, 5.41) is 2.86. The van der Waals surface area contributed by atoms with E-state index in [2.05, 4.69) is 10.3 Å². The molecule has 2 aromatic rings. The Labute approximate surface area is 153 Å². The van der Waals surface area contributed by atoms with Crippen molar-refractivity contribution in [3.8, 4) is 5.75 Å². The molecule has 1 aliphatic heterocycles. The van der Waals surface area contributed by atoms with E-state index in [1.807, 2.05) is 24.3 Å². The van der Waals surface area contributed by atoms with Gasteiger partial charge in [0.2, 0.25) is 0 Å². The highest BCUT2D eigenvalue weighted by Crippen LogP contribution is 2.24. The van der Waals surface area contributed by atoms with Gasteiger partial charge in [-0.3, -0.25) is 9.78 Å². The van der Waals surface area contributed by atoms with Gasteiger partial charge in [-0.1, -0.05) is 18.2 Å². The highest BCUT2D eigenvalue weighted by atomic mass is 32.2. The normalized spacial score (nSPS) is 21.3. The lowest BCUT2D eigenvalue weighted by Crippen LogP contribution is -2.46. The van der Waals surface area contributed by atoms with Gasteiger partial charge in [0.15, 0.2) is 9.84 Å². The molecule has 1 aromatic heterocycles. The average Bonchev–Trinajstić information content (AvgIpc) is 2.88. The molecule has 3 rings (SSSR count). The maximum Gasteiger partial charge on any atom is 0.253 e. The number of aromatic nitrogens is 1. The van der Waals surface area contributed by atoms with Gasteiger partial charge in [0.25, 0.3) is 5.91 Å². The summed E-state index contributed by atoms with van der Waals surface area (Å²) < 4.78 is 28.8. The number of hydrogen-bond acceptors (Lipinski definition) is 5. The largest absolute Gasteiger partial charge is 0.496 e. The molecule has 0 bridgehead atoms. The van der Waals surface area contributed by atoms with E-state index < -0.39 is 15.4 Å². The Morgan fingerprint density at radius 2 is 2.08 bits per heavy atom. The Morgan fingerprint density at radius 1 is 1.31 bits per heavy atom. The van der Waals surface area contributed by atoms with Crippen LogP contribution in [0.2, 0.25) is 0 Å². The van der Waals surface area contributed by atoms with Gasteiger partial charge < -0.3 is 10.1 Å². The van der Waals surface area contributed by atoms with E-state index in [-0.39, 0.29) is 17.4 Å². The van der Waals surface area contributed by atoms with Crippen LogP contribution >= 0.6 is 0 Å². The summed E-state index contributed by atoms with van der Waals surface area (Å²) in [7, 11) is -1.46. The molecule has 0 aliphatic carbocycles. The molecule has 2 heterocycles. The van der Waals surface area contributed by atoms with Crippen LogP contribution in [0.25, 0.3) is 0 Å². The molecule has 138 valence electrons. The van der Waals surface area contributed by atoms with E-state index in [0.29, 0.717) is 18.4 Å². The number of sulfone groups is 1. The molecule has 1 saturated heterocycles. The molecule has 1 fully saturated rings. The Kier molecular flexibility index (Phi) is 5.00. The number of carbonyl (C=O) groups excluding carboxylic acids is 1. The fraction of sp³-hybridized carbons (Fsp3) is 0.368. The second-order valence-electron chi connectivity index (χ2n) is 6.93. The molecule has 1 aliphatic rings. The van der Waals surface area contributed by atoms with Crippen LogP contribution in [0.4, 0.5) is 0 Å². The number of para-hydroxylation sites is 1. The third-order valence-corrected chi connectivity index (χ3v) is 6.47. The van der Waals surface area contributed by atoms with Crippen LogP contribution in [0.15, 0.2) is 42.7 Å². The first-order chi connectivity index (χ1) is 12.3. The zero-order chi connectivity index (χ0) is 18.8. The third kappa shape index (κ3) is 4.22. The minimum absolute atomic E-state index is 0.0277. The summed E-state index contributed by atoms with van der Waals surface area (Å²) in [6.45, 7) is 1.77. The smallest absolute Gasteiger partial charge is 0.253 e. The van der Waals surface area contributed by atoms with Crippen LogP contribution in [0, 0.1) is 0 Å². The van der Waals surface area contributed by atoms with E-state index in [4.69, 9.17) is 4.74 Å². The Bertz CT molecular complexity index is 927. The van der Waals surface area contributed by atoms with Gasteiger partial charge in [0.1, 0.15) is 5.75 Å². The number of ether oxygens (including phenoxy) is 1. The minimum Gasteiger partial charge on any atom is -0.496 e. The molecule has 26 heavy (non-hydrogen) atoms. The van der Waals surface area contributed by atoms with E-state index in [1.54, 1.807) is 26.3 Å². The van der Waals surface area contributed by atoms with Crippen LogP contribution in [0.5, 0.6) is 5.75 Å². The molecule has 0 spiro atoms. The lowest BCUT2D eigenvalue weighted by Gasteiger charge is -2.23. The number of amides is 1. The summed E-state index contributed by atoms with van der Waals surface area (Å²) in [4.78, 5) is 16.7. The number of nitrogens with zero attached hydrogens (tertiary/aromatic N) is 1. The van der Waals surface area contributed by atoms with Crippen molar-refractivity contribution in [3.05, 3.63) is 59.4 Å². The molecule has 7 heteroatoms. The summed E-state index contributed by atoms with van der Waals surface area (Å²) in [5.74, 6) is 0.556. The lowest BCUT2D eigenvalue weighted by atomic mass is 10.0. The van der Waals surface area contributed by atoms with Crippen molar-refractivity contribution in [1.29, 1.82) is 0 Å². The van der Waals surface area contributed by atoms with Crippen molar-refractivity contribution in [3.63, 3.8) is 0 Å². The summed E-state index contributed by atoms with van der Waals surface area (Å²) in [6, 6.07) is 9.47. The Hall–Kier alpha value is -2.41. The van der Waals surface area contributed by atoms with Crippen molar-refractivity contribution in [1.82, 2.24) is 10.3 Å². The maximum absolute atomic E-state index is 12.6. The van der Waals surface area contributed by atoms with Crippen molar-refractivity contribution < 1.29 is 17.9 Å². The fourth-order valence-corrected chi connectivity index (χ4v) is 5.33. The number of hydrogen-bond donors (Lipinski definition) is 1. The highest BCUT2D eigenvalue weighted by molar-refractivity contribution is 7.91. The van der Waals surface area contributed by atoms with E-state index in [9.17, 15) is 13.2 Å². The molecule has 1 aromatic carbocycles. The number of pyridine rings is 1. The SMILES string of the molecule is COc1ccccc1Cc1cncc(C(=O)NC2(C)CCS(=O)(=O)C2)c1. The molecule has 0 radical (unpaired) electrons. The van der Waals surface area contributed by atoms with Gasteiger partial charge in [-0.2, -0.15) is 0 Å². The zero-order valence-corrected chi connectivity index (χ0v) is 15.7. The van der Waals surface area contributed by atoms with Crippen LogP contribution in [-0.4, -0.2) is 43.5 Å². The molecule has 6 nitrogen and oxygen atoms in total. The lowest BCUT2D eigenvalue weighted by molar-refractivity contribution is 0.0915. The first-order valence-corrected chi connectivity index (χ1v) is 10.2. The van der Waals surface area contributed by atoms with Gasteiger partial charge >= 0.3 is 0 Å². The van der Waals surface area contributed by atoms with Crippen LogP contribution < -0.4 is 10.1 Å². The summed E-state index contributed by atoms with van der Waals surface area (Å²) >= 11 is 0. The predicted octanol–water partition coefficient (Wildman–Crippen LogP) is 1.99. The molecule has 0 saturated carbocycles. The van der Waals surface area contributed by atoms with Crippen LogP contribution in [0.3, 0.4) is 0 Å². The second-order valence-corrected chi connectivity index (χ2v) is 9.11. The maximum atomic E-state index is 12.6. The first-order valence-electron chi connectivity index (χ1n) is 8.39. The van der Waals surface area contributed by atoms with Crippen molar-refractivity contribution in [2.24, 2.45) is 0 Å². The van der Waals surface area contributed by atoms with Crippen molar-refractivity contribution in [2.45, 2.75) is 25.3 Å². The number of carbonyl (C=O) groups is 1. The molecular weight excluding hydrogens is 352 g/mol. The fourth-order valence-electron chi connectivity index (χ4n) is 3.23. The Balaban J connectivity index is 1.76. The summed E-state index contributed by atoms with van der Waals surface area (Å²) in [5.41, 5.74) is 1.58. The number of methoxy groups -OCH3 is 1. The van der Waals surface area contributed by atoms with E-state index in [0.717, 1.165) is 16.9 Å². The Morgan fingerprint density at radius 3 is 2.77 bits per heavy atom. The first kappa shape index (κ1) is 18.4. The van der Waals surface area contributed by atoms with Gasteiger partial charge in [0, 0.05) is 18.8 Å². The highest BCUT2D eigenvalue weighted by Gasteiger charge is 2.39. The standard InChI is InChI=1S/C19H22N2O4S/c1-19(7-8-26(23,24)13-19)21-18(22)16-10-14(11-20-12-16)9-15-5-3-4-6-17(15)25-2/h3-6,10-12H,7-9,13H2,1-2H3,(H,21,22).